The number of aliphatic hydroxyl groups is 1. The number of rotatable bonds is 2. The third-order valence-corrected chi connectivity index (χ3v) is 6.50. The molecule has 3 heterocycles. The van der Waals surface area contributed by atoms with Gasteiger partial charge in [-0.25, -0.2) is 4.98 Å². The number of fused-ring (bicyclic) bond motifs is 4. The molecule has 0 saturated heterocycles. The zero-order valence-corrected chi connectivity index (χ0v) is 16.0. The largest absolute Gasteiger partial charge is 0.394 e. The standard InChI is InChI=1S/C19H15Cl2N3OS/c20-10-1-3-14-13(7-10)12-5-6-24(16(9-25)18(12)22-14)19-23-15-4-2-11(21)8-17(15)26-19/h1-4,7-8,16,22,25H,5-6,9H2. The molecule has 1 aliphatic heterocycles. The van der Waals surface area contributed by atoms with Crippen LogP contribution in [0.15, 0.2) is 36.4 Å². The average Bonchev–Trinajstić information content (AvgIpc) is 3.21. The molecule has 0 amide bonds. The Morgan fingerprint density at radius 3 is 2.85 bits per heavy atom. The van der Waals surface area contributed by atoms with Gasteiger partial charge in [-0.15, -0.1) is 0 Å². The molecule has 2 aromatic carbocycles. The van der Waals surface area contributed by atoms with Crippen LogP contribution in [0.2, 0.25) is 10.0 Å². The Bertz CT molecular complexity index is 1140. The van der Waals surface area contributed by atoms with Crippen LogP contribution in [-0.2, 0) is 6.42 Å². The molecule has 0 radical (unpaired) electrons. The van der Waals surface area contributed by atoms with E-state index in [4.69, 9.17) is 28.2 Å². The van der Waals surface area contributed by atoms with E-state index in [2.05, 4.69) is 9.88 Å². The number of anilines is 1. The lowest BCUT2D eigenvalue weighted by molar-refractivity contribution is 0.255. The highest BCUT2D eigenvalue weighted by Gasteiger charge is 2.31. The summed E-state index contributed by atoms with van der Waals surface area (Å²) >= 11 is 13.9. The maximum absolute atomic E-state index is 10.1. The topological polar surface area (TPSA) is 52.1 Å². The summed E-state index contributed by atoms with van der Waals surface area (Å²) in [7, 11) is 0. The van der Waals surface area contributed by atoms with Gasteiger partial charge in [0.05, 0.1) is 22.9 Å². The van der Waals surface area contributed by atoms with Crippen LogP contribution in [0.1, 0.15) is 17.3 Å². The normalized spacial score (nSPS) is 17.2. The molecule has 26 heavy (non-hydrogen) atoms. The Morgan fingerprint density at radius 1 is 1.19 bits per heavy atom. The summed E-state index contributed by atoms with van der Waals surface area (Å²) in [5.74, 6) is 0. The number of H-pyrrole nitrogens is 1. The summed E-state index contributed by atoms with van der Waals surface area (Å²) in [5, 5.41) is 13.6. The molecular formula is C19H15Cl2N3OS. The summed E-state index contributed by atoms with van der Waals surface area (Å²) in [6.07, 6.45) is 0.878. The lowest BCUT2D eigenvalue weighted by Gasteiger charge is -2.34. The Labute approximate surface area is 164 Å². The van der Waals surface area contributed by atoms with E-state index in [1.807, 2.05) is 36.4 Å². The van der Waals surface area contributed by atoms with Gasteiger partial charge in [-0.3, -0.25) is 0 Å². The zero-order valence-electron chi connectivity index (χ0n) is 13.7. The summed E-state index contributed by atoms with van der Waals surface area (Å²) in [5.41, 5.74) is 4.27. The Morgan fingerprint density at radius 2 is 2.00 bits per heavy atom. The fraction of sp³-hybridized carbons (Fsp3) is 0.211. The van der Waals surface area contributed by atoms with Crippen molar-refractivity contribution in [1.82, 2.24) is 9.97 Å². The molecule has 7 heteroatoms. The molecule has 0 aliphatic carbocycles. The quantitative estimate of drug-likeness (QED) is 0.484. The fourth-order valence-electron chi connectivity index (χ4n) is 3.77. The molecular weight excluding hydrogens is 389 g/mol. The molecule has 2 aromatic heterocycles. The molecule has 132 valence electrons. The fourth-order valence-corrected chi connectivity index (χ4v) is 5.26. The Hall–Kier alpha value is -1.79. The number of nitrogens with zero attached hydrogens (tertiary/aromatic N) is 2. The minimum atomic E-state index is -0.152. The Balaban J connectivity index is 1.62. The zero-order chi connectivity index (χ0) is 17.8. The summed E-state index contributed by atoms with van der Waals surface area (Å²) in [6, 6.07) is 11.4. The lowest BCUT2D eigenvalue weighted by Crippen LogP contribution is -2.37. The van der Waals surface area contributed by atoms with Gasteiger partial charge in [-0.05, 0) is 48.4 Å². The monoisotopic (exact) mass is 403 g/mol. The first kappa shape index (κ1) is 16.4. The van der Waals surface area contributed by atoms with E-state index in [9.17, 15) is 5.11 Å². The first-order valence-electron chi connectivity index (χ1n) is 8.37. The molecule has 0 fully saturated rings. The highest BCUT2D eigenvalue weighted by molar-refractivity contribution is 7.22. The molecule has 0 spiro atoms. The number of halogens is 2. The number of hydrogen-bond acceptors (Lipinski definition) is 4. The first-order valence-corrected chi connectivity index (χ1v) is 9.95. The van der Waals surface area contributed by atoms with Crippen LogP contribution in [0.5, 0.6) is 0 Å². The van der Waals surface area contributed by atoms with Crippen molar-refractivity contribution in [2.75, 3.05) is 18.1 Å². The molecule has 1 unspecified atom stereocenters. The average molecular weight is 404 g/mol. The molecule has 2 N–H and O–H groups in total. The van der Waals surface area contributed by atoms with Gasteiger partial charge in [0.15, 0.2) is 5.13 Å². The summed E-state index contributed by atoms with van der Waals surface area (Å²) in [6.45, 7) is 0.815. The summed E-state index contributed by atoms with van der Waals surface area (Å²) in [4.78, 5) is 10.4. The maximum atomic E-state index is 10.1. The van der Waals surface area contributed by atoms with Crippen LogP contribution >= 0.6 is 34.5 Å². The molecule has 1 atom stereocenters. The predicted octanol–water partition coefficient (Wildman–Crippen LogP) is 5.18. The third-order valence-electron chi connectivity index (χ3n) is 4.97. The van der Waals surface area contributed by atoms with E-state index in [0.29, 0.717) is 5.02 Å². The molecule has 4 aromatic rings. The van der Waals surface area contributed by atoms with E-state index in [0.717, 1.165) is 49.9 Å². The second-order valence-corrected chi connectivity index (χ2v) is 8.34. The number of aromatic nitrogens is 2. The first-order chi connectivity index (χ1) is 12.6. The van der Waals surface area contributed by atoms with Gasteiger partial charge in [0.25, 0.3) is 0 Å². The van der Waals surface area contributed by atoms with Crippen molar-refractivity contribution in [1.29, 1.82) is 0 Å². The third kappa shape index (κ3) is 2.50. The minimum absolute atomic E-state index is 0.0181. The van der Waals surface area contributed by atoms with Gasteiger partial charge >= 0.3 is 0 Å². The smallest absolute Gasteiger partial charge is 0.187 e. The Kier molecular flexibility index (Phi) is 3.87. The van der Waals surface area contributed by atoms with Crippen molar-refractivity contribution in [3.8, 4) is 0 Å². The van der Waals surface area contributed by atoms with Crippen LogP contribution in [0.3, 0.4) is 0 Å². The van der Waals surface area contributed by atoms with Gasteiger partial charge in [0.2, 0.25) is 0 Å². The van der Waals surface area contributed by atoms with Crippen molar-refractivity contribution in [3.05, 3.63) is 57.7 Å². The van der Waals surface area contributed by atoms with E-state index in [1.54, 1.807) is 11.3 Å². The highest BCUT2D eigenvalue weighted by atomic mass is 35.5. The minimum Gasteiger partial charge on any atom is -0.394 e. The molecule has 0 saturated carbocycles. The van der Waals surface area contributed by atoms with E-state index in [1.165, 1.54) is 5.56 Å². The van der Waals surface area contributed by atoms with Crippen molar-refractivity contribution in [2.45, 2.75) is 12.5 Å². The van der Waals surface area contributed by atoms with Crippen molar-refractivity contribution in [2.24, 2.45) is 0 Å². The van der Waals surface area contributed by atoms with Crippen molar-refractivity contribution in [3.63, 3.8) is 0 Å². The van der Waals surface area contributed by atoms with E-state index < -0.39 is 0 Å². The second kappa shape index (κ2) is 6.13. The van der Waals surface area contributed by atoms with Gasteiger partial charge in [-0.2, -0.15) is 0 Å². The van der Waals surface area contributed by atoms with Gasteiger partial charge in [0.1, 0.15) is 0 Å². The van der Waals surface area contributed by atoms with Crippen LogP contribution in [0.25, 0.3) is 21.1 Å². The second-order valence-electron chi connectivity index (χ2n) is 6.46. The van der Waals surface area contributed by atoms with Crippen molar-refractivity contribution >= 4 is 60.8 Å². The number of aromatic amines is 1. The van der Waals surface area contributed by atoms with Crippen molar-refractivity contribution < 1.29 is 5.11 Å². The number of hydrogen-bond donors (Lipinski definition) is 2. The van der Waals surface area contributed by atoms with Gasteiger partial charge in [0, 0.05) is 33.2 Å². The van der Waals surface area contributed by atoms with E-state index >= 15 is 0 Å². The number of benzene rings is 2. The lowest BCUT2D eigenvalue weighted by atomic mass is 9.98. The molecule has 0 bridgehead atoms. The van der Waals surface area contributed by atoms with Crippen LogP contribution in [-0.4, -0.2) is 28.2 Å². The van der Waals surface area contributed by atoms with E-state index in [-0.39, 0.29) is 12.6 Å². The van der Waals surface area contributed by atoms with Gasteiger partial charge < -0.3 is 15.0 Å². The van der Waals surface area contributed by atoms with Crippen LogP contribution in [0, 0.1) is 0 Å². The van der Waals surface area contributed by atoms with Gasteiger partial charge in [-0.1, -0.05) is 34.5 Å². The SMILES string of the molecule is OCC1c2[nH]c3ccc(Cl)cc3c2CCN1c1nc2ccc(Cl)cc2s1. The highest BCUT2D eigenvalue weighted by Crippen LogP contribution is 2.40. The number of thiazole rings is 1. The maximum Gasteiger partial charge on any atom is 0.187 e. The summed E-state index contributed by atoms with van der Waals surface area (Å²) < 4.78 is 1.05. The predicted molar refractivity (Wildman–Crippen MR) is 109 cm³/mol. The number of nitrogens with one attached hydrogen (secondary N) is 1. The van der Waals surface area contributed by atoms with Crippen LogP contribution in [0.4, 0.5) is 5.13 Å². The number of aliphatic hydroxyl groups excluding tert-OH is 1. The molecule has 4 nitrogen and oxygen atoms in total. The molecule has 5 rings (SSSR count). The van der Waals surface area contributed by atoms with Crippen LogP contribution < -0.4 is 4.90 Å². The molecule has 1 aliphatic rings.